The third kappa shape index (κ3) is 4.02. The normalized spacial score (nSPS) is 14.1. The zero-order chi connectivity index (χ0) is 31.9. The van der Waals surface area contributed by atoms with Crippen molar-refractivity contribution in [2.45, 2.75) is 20.8 Å². The third-order valence-electron chi connectivity index (χ3n) is 9.11. The van der Waals surface area contributed by atoms with Crippen molar-refractivity contribution < 1.29 is 19.2 Å². The molecule has 0 atom stereocenters. The summed E-state index contributed by atoms with van der Waals surface area (Å²) in [5, 5.41) is 2.01. The highest BCUT2D eigenvalue weighted by molar-refractivity contribution is 6.42. The largest absolute Gasteiger partial charge is 0.309 e. The second-order valence-corrected chi connectivity index (χ2v) is 12.2. The molecule has 8 rings (SSSR count). The lowest BCUT2D eigenvalue weighted by Gasteiger charge is -2.16. The molecule has 0 saturated carbocycles. The van der Waals surface area contributed by atoms with Crippen LogP contribution in [0, 0.1) is 20.8 Å². The van der Waals surface area contributed by atoms with E-state index in [1.54, 1.807) is 60.7 Å². The van der Waals surface area contributed by atoms with Gasteiger partial charge in [-0.25, -0.2) is 0 Å². The molecule has 5 heteroatoms. The smallest absolute Gasteiger partial charge is 0.197 e. The molecule has 0 fully saturated rings. The van der Waals surface area contributed by atoms with Crippen LogP contribution in [-0.2, 0) is 0 Å². The molecule has 1 heterocycles. The maximum Gasteiger partial charge on any atom is 0.197 e. The van der Waals surface area contributed by atoms with Gasteiger partial charge in [-0.05, 0) is 67.3 Å². The van der Waals surface area contributed by atoms with Gasteiger partial charge < -0.3 is 4.57 Å². The van der Waals surface area contributed by atoms with Crippen LogP contribution in [-0.4, -0.2) is 27.7 Å². The second kappa shape index (κ2) is 10.0. The molecule has 2 aliphatic carbocycles. The minimum atomic E-state index is -0.262. The first kappa shape index (κ1) is 27.6. The van der Waals surface area contributed by atoms with Gasteiger partial charge in [0.25, 0.3) is 0 Å². The fraction of sp³-hybridized carbons (Fsp3) is 0.0732. The molecule has 0 N–H and O–H groups in total. The molecule has 46 heavy (non-hydrogen) atoms. The Kier molecular flexibility index (Phi) is 6.03. The van der Waals surface area contributed by atoms with E-state index in [0.29, 0.717) is 22.3 Å². The van der Waals surface area contributed by atoms with Gasteiger partial charge in [0, 0.05) is 33.0 Å². The number of hydrogen-bond acceptors (Lipinski definition) is 4. The summed E-state index contributed by atoms with van der Waals surface area (Å²) >= 11 is 0. The zero-order valence-electron chi connectivity index (χ0n) is 25.5. The van der Waals surface area contributed by atoms with Gasteiger partial charge in [-0.15, -0.1) is 0 Å². The molecule has 1 aromatic heterocycles. The Labute approximate surface area is 265 Å². The lowest BCUT2D eigenvalue weighted by Crippen LogP contribution is -2.02. The van der Waals surface area contributed by atoms with Gasteiger partial charge in [-0.3, -0.25) is 19.2 Å². The number of ketones is 4. The zero-order valence-corrected chi connectivity index (χ0v) is 25.5. The number of aromatic nitrogens is 1. The molecular weight excluding hydrogens is 570 g/mol. The van der Waals surface area contributed by atoms with Crippen molar-refractivity contribution in [3.63, 3.8) is 0 Å². The number of aryl methyl sites for hydroxylation is 3. The predicted octanol–water partition coefficient (Wildman–Crippen LogP) is 8.63. The van der Waals surface area contributed by atoms with Gasteiger partial charge >= 0.3 is 0 Å². The van der Waals surface area contributed by atoms with E-state index >= 15 is 0 Å². The summed E-state index contributed by atoms with van der Waals surface area (Å²) in [6.07, 6.45) is 3.37. The van der Waals surface area contributed by atoms with E-state index in [2.05, 4.69) is 37.5 Å². The van der Waals surface area contributed by atoms with Crippen LogP contribution in [0.5, 0.6) is 0 Å². The van der Waals surface area contributed by atoms with Crippen molar-refractivity contribution in [2.75, 3.05) is 0 Å². The first-order valence-electron chi connectivity index (χ1n) is 15.2. The van der Waals surface area contributed by atoms with Gasteiger partial charge in [-0.1, -0.05) is 90.5 Å². The van der Waals surface area contributed by atoms with Gasteiger partial charge in [0.2, 0.25) is 0 Å². The number of nitrogens with zero attached hydrogens (tertiary/aromatic N) is 1. The minimum Gasteiger partial charge on any atom is -0.309 e. The number of hydrogen-bond donors (Lipinski definition) is 0. The van der Waals surface area contributed by atoms with Crippen molar-refractivity contribution in [3.05, 3.63) is 158 Å². The first-order valence-corrected chi connectivity index (χ1v) is 15.2. The third-order valence-corrected chi connectivity index (χ3v) is 9.11. The Balaban J connectivity index is 1.34. The molecule has 6 aromatic rings. The molecule has 0 radical (unpaired) electrons. The maximum absolute atomic E-state index is 13.2. The van der Waals surface area contributed by atoms with Gasteiger partial charge in [0.1, 0.15) is 0 Å². The van der Waals surface area contributed by atoms with Crippen molar-refractivity contribution in [1.29, 1.82) is 0 Å². The quantitative estimate of drug-likeness (QED) is 0.151. The summed E-state index contributed by atoms with van der Waals surface area (Å²) in [6, 6.07) is 30.1. The van der Waals surface area contributed by atoms with Gasteiger partial charge in [0.05, 0.1) is 27.9 Å². The molecular formula is C41H27NO4. The topological polar surface area (TPSA) is 73.2 Å². The number of fused-ring (bicyclic) bond motifs is 5. The fourth-order valence-corrected chi connectivity index (χ4v) is 7.14. The Morgan fingerprint density at radius 1 is 0.478 bits per heavy atom. The van der Waals surface area contributed by atoms with Crippen molar-refractivity contribution >= 4 is 57.1 Å². The highest BCUT2D eigenvalue weighted by Gasteiger charge is 2.33. The van der Waals surface area contributed by atoms with Crippen molar-refractivity contribution in [2.24, 2.45) is 0 Å². The molecule has 220 valence electrons. The lowest BCUT2D eigenvalue weighted by molar-refractivity contribution is 0.0975. The fourth-order valence-electron chi connectivity index (χ4n) is 7.14. The van der Waals surface area contributed by atoms with Crippen LogP contribution in [0.4, 0.5) is 0 Å². The van der Waals surface area contributed by atoms with Crippen LogP contribution in [0.15, 0.2) is 108 Å². The maximum atomic E-state index is 13.2. The average molecular weight is 598 g/mol. The summed E-state index contributed by atoms with van der Waals surface area (Å²) in [5.74, 6) is -1.05. The Bertz CT molecular complexity index is 2230. The monoisotopic (exact) mass is 597 g/mol. The Morgan fingerprint density at radius 3 is 1.22 bits per heavy atom. The predicted molar refractivity (Wildman–Crippen MR) is 181 cm³/mol. The number of rotatable bonds is 3. The van der Waals surface area contributed by atoms with E-state index in [0.717, 1.165) is 55.3 Å². The number of carbonyl (C=O) groups is 4. The molecule has 0 spiro atoms. The van der Waals surface area contributed by atoms with Crippen LogP contribution in [0.25, 0.3) is 39.6 Å². The Hall–Kier alpha value is -5.94. The highest BCUT2D eigenvalue weighted by atomic mass is 16.2. The first-order chi connectivity index (χ1) is 22.2. The van der Waals surface area contributed by atoms with Crippen molar-refractivity contribution in [3.8, 4) is 5.69 Å². The van der Waals surface area contributed by atoms with Crippen LogP contribution in [0.2, 0.25) is 0 Å². The number of allylic oxidation sites excluding steroid dienone is 2. The van der Waals surface area contributed by atoms with Crippen LogP contribution >= 0.6 is 0 Å². The summed E-state index contributed by atoms with van der Waals surface area (Å²) in [5.41, 5.74) is 9.75. The molecule has 0 saturated heterocycles. The summed E-state index contributed by atoms with van der Waals surface area (Å²) in [7, 11) is 0. The van der Waals surface area contributed by atoms with Crippen LogP contribution in [0.1, 0.15) is 69.2 Å². The van der Waals surface area contributed by atoms with E-state index in [9.17, 15) is 19.2 Å². The SMILES string of the molecule is Cc1cc(C)c(-n2c3cc(C=C4C(=O)c5ccccc5C4=O)ccc3c3ccc(C=C4C(=O)c5ccccc5C4=O)cc32)c(C)c1. The molecule has 5 aromatic carbocycles. The molecule has 0 aliphatic heterocycles. The summed E-state index contributed by atoms with van der Waals surface area (Å²) in [4.78, 5) is 52.7. The van der Waals surface area contributed by atoms with Gasteiger partial charge in [-0.2, -0.15) is 0 Å². The molecule has 5 nitrogen and oxygen atoms in total. The number of carbonyl (C=O) groups excluding carboxylic acids is 4. The minimum absolute atomic E-state index is 0.159. The van der Waals surface area contributed by atoms with E-state index in [1.165, 1.54) is 0 Å². The van der Waals surface area contributed by atoms with Gasteiger partial charge in [0.15, 0.2) is 23.1 Å². The Morgan fingerprint density at radius 2 is 0.848 bits per heavy atom. The molecule has 0 unspecified atom stereocenters. The van der Waals surface area contributed by atoms with Crippen LogP contribution < -0.4 is 0 Å². The average Bonchev–Trinajstić information content (AvgIpc) is 3.58. The number of Topliss-reactive ketones (excluding diaryl/α,β-unsaturated/α-hetero) is 4. The van der Waals surface area contributed by atoms with E-state index in [1.807, 2.05) is 36.4 Å². The van der Waals surface area contributed by atoms with E-state index in [4.69, 9.17) is 0 Å². The molecule has 0 amide bonds. The van der Waals surface area contributed by atoms with Crippen LogP contribution in [0.3, 0.4) is 0 Å². The summed E-state index contributed by atoms with van der Waals surface area (Å²) in [6.45, 7) is 6.25. The lowest BCUT2D eigenvalue weighted by atomic mass is 10.0. The molecule has 0 bridgehead atoms. The highest BCUT2D eigenvalue weighted by Crippen LogP contribution is 2.37. The van der Waals surface area contributed by atoms with Crippen molar-refractivity contribution in [1.82, 2.24) is 4.57 Å². The number of benzene rings is 5. The molecule has 2 aliphatic rings. The van der Waals surface area contributed by atoms with E-state index in [-0.39, 0.29) is 34.3 Å². The standard InChI is InChI=1S/C41H27NO4/c1-22-16-23(2)37(24(3)17-22)42-35-20-25(18-33-38(43)29-8-4-5-9-30(29)39(33)44)12-14-27(35)28-15-13-26(21-36(28)42)19-34-40(45)31-10-6-7-11-32(31)41(34)46/h4-21H,1-3H3. The van der Waals surface area contributed by atoms with E-state index < -0.39 is 0 Å². The second-order valence-electron chi connectivity index (χ2n) is 12.2. The summed E-state index contributed by atoms with van der Waals surface area (Å²) < 4.78 is 2.21.